The Morgan fingerprint density at radius 1 is 1.00 bits per heavy atom. The fourth-order valence-electron chi connectivity index (χ4n) is 2.61. The minimum absolute atomic E-state index is 0.00921. The molecule has 2 aromatic carbocycles. The van der Waals surface area contributed by atoms with Crippen LogP contribution in [0.3, 0.4) is 0 Å². The van der Waals surface area contributed by atoms with Crippen molar-refractivity contribution >= 4 is 56.3 Å². The Bertz CT molecular complexity index is 1210. The zero-order valence-corrected chi connectivity index (χ0v) is 20.0. The zero-order valence-electron chi connectivity index (χ0n) is 17.6. The van der Waals surface area contributed by atoms with E-state index in [1.165, 1.54) is 49.9 Å². The maximum absolute atomic E-state index is 12.6. The smallest absolute Gasteiger partial charge is 0.242 e. The topological polar surface area (TPSA) is 117 Å². The number of amides is 2. The van der Waals surface area contributed by atoms with E-state index in [0.717, 1.165) is 14.9 Å². The van der Waals surface area contributed by atoms with Gasteiger partial charge in [0.15, 0.2) is 4.34 Å². The van der Waals surface area contributed by atoms with E-state index in [1.54, 1.807) is 23.5 Å². The molecule has 0 saturated heterocycles. The number of carbonyl (C=O) groups is 2. The molecule has 1 heterocycles. The lowest BCUT2D eigenvalue weighted by molar-refractivity contribution is -0.117. The van der Waals surface area contributed by atoms with Crippen LogP contribution in [0, 0.1) is 6.92 Å². The molecule has 8 nitrogen and oxygen atoms in total. The van der Waals surface area contributed by atoms with E-state index >= 15 is 0 Å². The Balaban J connectivity index is 1.58. The van der Waals surface area contributed by atoms with Gasteiger partial charge >= 0.3 is 0 Å². The summed E-state index contributed by atoms with van der Waals surface area (Å²) in [5, 5.41) is 7.25. The number of carbonyl (C=O) groups excluding carboxylic acids is 2. The van der Waals surface area contributed by atoms with Gasteiger partial charge in [0.05, 0.1) is 10.9 Å². The molecule has 0 saturated carbocycles. The van der Waals surface area contributed by atoms with Crippen LogP contribution in [-0.2, 0) is 19.6 Å². The van der Waals surface area contributed by atoms with Crippen molar-refractivity contribution in [1.29, 1.82) is 0 Å². The Labute approximate surface area is 194 Å². The quantitative estimate of drug-likeness (QED) is 0.441. The fraction of sp³-hybridized carbons (Fsp3) is 0.190. The third kappa shape index (κ3) is 6.63. The Hall–Kier alpha value is -2.73. The van der Waals surface area contributed by atoms with Crippen molar-refractivity contribution in [3.63, 3.8) is 0 Å². The first-order valence-corrected chi connectivity index (χ1v) is 12.7. The molecule has 0 unspecified atom stereocenters. The fourth-order valence-corrected chi connectivity index (χ4v) is 5.62. The second kappa shape index (κ2) is 10.3. The molecule has 0 bridgehead atoms. The van der Waals surface area contributed by atoms with Gasteiger partial charge in [0.2, 0.25) is 21.8 Å². The monoisotopic (exact) mass is 490 g/mol. The molecule has 3 rings (SSSR count). The minimum atomic E-state index is -3.91. The summed E-state index contributed by atoms with van der Waals surface area (Å²) in [5.41, 5.74) is 2.01. The van der Waals surface area contributed by atoms with Gasteiger partial charge in [-0.3, -0.25) is 9.59 Å². The normalized spacial score (nSPS) is 12.2. The molecule has 0 fully saturated rings. The second-order valence-corrected chi connectivity index (χ2v) is 10.8. The molecule has 11 heteroatoms. The number of aromatic nitrogens is 1. The average Bonchev–Trinajstić information content (AvgIpc) is 3.13. The lowest BCUT2D eigenvalue weighted by Crippen LogP contribution is -2.41. The van der Waals surface area contributed by atoms with E-state index in [4.69, 9.17) is 0 Å². The molecule has 1 atom stereocenters. The number of thiazole rings is 1. The average molecular weight is 491 g/mol. The summed E-state index contributed by atoms with van der Waals surface area (Å²) < 4.78 is 28.4. The predicted molar refractivity (Wildman–Crippen MR) is 127 cm³/mol. The predicted octanol–water partition coefficient (Wildman–Crippen LogP) is 3.87. The summed E-state index contributed by atoms with van der Waals surface area (Å²) in [6.07, 6.45) is 0. The van der Waals surface area contributed by atoms with Crippen molar-refractivity contribution in [1.82, 2.24) is 9.71 Å². The summed E-state index contributed by atoms with van der Waals surface area (Å²) in [6.45, 7) is 4.77. The number of rotatable bonds is 8. The lowest BCUT2D eigenvalue weighted by Gasteiger charge is -2.15. The van der Waals surface area contributed by atoms with Crippen molar-refractivity contribution in [2.75, 3.05) is 10.6 Å². The Morgan fingerprint density at radius 2 is 1.59 bits per heavy atom. The van der Waals surface area contributed by atoms with E-state index < -0.39 is 22.0 Å². The summed E-state index contributed by atoms with van der Waals surface area (Å²) in [7, 11) is -3.91. The summed E-state index contributed by atoms with van der Waals surface area (Å²) in [4.78, 5) is 28.9. The van der Waals surface area contributed by atoms with Gasteiger partial charge in [-0.1, -0.05) is 11.8 Å². The molecule has 1 aromatic heterocycles. The van der Waals surface area contributed by atoms with Crippen LogP contribution >= 0.6 is 23.1 Å². The molecule has 3 N–H and O–H groups in total. The number of nitrogens with one attached hydrogen (secondary N) is 3. The molecule has 0 spiro atoms. The van der Waals surface area contributed by atoms with Crippen LogP contribution in [0.1, 0.15) is 19.5 Å². The molecule has 32 heavy (non-hydrogen) atoms. The highest BCUT2D eigenvalue weighted by Crippen LogP contribution is 2.30. The van der Waals surface area contributed by atoms with Crippen LogP contribution in [-0.4, -0.2) is 31.3 Å². The van der Waals surface area contributed by atoms with Gasteiger partial charge in [0.25, 0.3) is 0 Å². The molecule has 168 valence electrons. The molecule has 0 aliphatic carbocycles. The van der Waals surface area contributed by atoms with E-state index in [0.29, 0.717) is 11.4 Å². The van der Waals surface area contributed by atoms with E-state index in [1.807, 2.05) is 24.4 Å². The second-order valence-electron chi connectivity index (χ2n) is 6.92. The van der Waals surface area contributed by atoms with Gasteiger partial charge < -0.3 is 10.6 Å². The minimum Gasteiger partial charge on any atom is -0.326 e. The third-order valence-corrected chi connectivity index (χ3v) is 7.76. The number of nitrogens with zero attached hydrogens (tertiary/aromatic N) is 1. The van der Waals surface area contributed by atoms with Crippen LogP contribution in [0.4, 0.5) is 11.4 Å². The van der Waals surface area contributed by atoms with Gasteiger partial charge in [-0.25, -0.2) is 13.4 Å². The van der Waals surface area contributed by atoms with Crippen molar-refractivity contribution in [2.45, 2.75) is 40.9 Å². The molecular weight excluding hydrogens is 468 g/mol. The molecule has 2 amide bonds. The standard InChI is InChI=1S/C21H22N4O4S3/c1-13-12-30-21(22-13)31-18-8-4-17(5-9-18)24-20(27)14(2)25-32(28,29)19-10-6-16(7-11-19)23-15(3)26/h4-12,14,25H,1-3H3,(H,23,26)(H,24,27)/t14-/m0/s1. The number of hydrogen-bond acceptors (Lipinski definition) is 7. The van der Waals surface area contributed by atoms with Crippen molar-refractivity contribution < 1.29 is 18.0 Å². The van der Waals surface area contributed by atoms with Crippen LogP contribution in [0.15, 0.2) is 68.0 Å². The molecule has 0 radical (unpaired) electrons. The number of benzene rings is 2. The van der Waals surface area contributed by atoms with Crippen molar-refractivity contribution in [3.05, 3.63) is 59.6 Å². The van der Waals surface area contributed by atoms with Gasteiger partial charge in [0, 0.05) is 34.3 Å². The van der Waals surface area contributed by atoms with Crippen LogP contribution < -0.4 is 15.4 Å². The van der Waals surface area contributed by atoms with E-state index in [2.05, 4.69) is 20.3 Å². The molecular formula is C21H22N4O4S3. The van der Waals surface area contributed by atoms with Gasteiger partial charge in [-0.2, -0.15) is 4.72 Å². The highest BCUT2D eigenvalue weighted by molar-refractivity contribution is 8.01. The first-order valence-electron chi connectivity index (χ1n) is 9.53. The maximum Gasteiger partial charge on any atom is 0.242 e. The SMILES string of the molecule is CC(=O)Nc1ccc(S(=O)(=O)N[C@@H](C)C(=O)Nc2ccc(Sc3nc(C)cs3)cc2)cc1. The Morgan fingerprint density at radius 3 is 2.16 bits per heavy atom. The first kappa shape index (κ1) is 23.9. The zero-order chi connectivity index (χ0) is 23.3. The number of anilines is 2. The maximum atomic E-state index is 12.6. The molecule has 0 aliphatic rings. The van der Waals surface area contributed by atoms with E-state index in [9.17, 15) is 18.0 Å². The van der Waals surface area contributed by atoms with Gasteiger partial charge in [0.1, 0.15) is 0 Å². The highest BCUT2D eigenvalue weighted by atomic mass is 32.2. The first-order chi connectivity index (χ1) is 15.1. The summed E-state index contributed by atoms with van der Waals surface area (Å²) >= 11 is 3.10. The van der Waals surface area contributed by atoms with E-state index in [-0.39, 0.29) is 10.8 Å². The summed E-state index contributed by atoms with van der Waals surface area (Å²) in [6, 6.07) is 11.9. The largest absolute Gasteiger partial charge is 0.326 e. The molecule has 0 aliphatic heterocycles. The van der Waals surface area contributed by atoms with Crippen LogP contribution in [0.25, 0.3) is 0 Å². The Kier molecular flexibility index (Phi) is 7.67. The summed E-state index contributed by atoms with van der Waals surface area (Å²) in [5.74, 6) is -0.742. The van der Waals surface area contributed by atoms with Crippen LogP contribution in [0.5, 0.6) is 0 Å². The van der Waals surface area contributed by atoms with Crippen molar-refractivity contribution in [2.24, 2.45) is 0 Å². The highest BCUT2D eigenvalue weighted by Gasteiger charge is 2.22. The van der Waals surface area contributed by atoms with Crippen molar-refractivity contribution in [3.8, 4) is 0 Å². The van der Waals surface area contributed by atoms with Gasteiger partial charge in [-0.05, 0) is 62.4 Å². The third-order valence-electron chi connectivity index (χ3n) is 4.14. The van der Waals surface area contributed by atoms with Gasteiger partial charge in [-0.15, -0.1) is 11.3 Å². The number of aryl methyl sites for hydroxylation is 1. The number of sulfonamides is 1. The number of hydrogen-bond donors (Lipinski definition) is 3. The van der Waals surface area contributed by atoms with Crippen LogP contribution in [0.2, 0.25) is 0 Å². The molecule has 3 aromatic rings. The lowest BCUT2D eigenvalue weighted by atomic mass is 10.3.